The zero-order chi connectivity index (χ0) is 15.9. The fraction of sp³-hybridized carbons (Fsp3) is 0.625. The third-order valence-corrected chi connectivity index (χ3v) is 3.90. The summed E-state index contributed by atoms with van der Waals surface area (Å²) >= 11 is 6.25. The quantitative estimate of drug-likeness (QED) is 0.831. The van der Waals surface area contributed by atoms with Crippen molar-refractivity contribution in [2.75, 3.05) is 47.0 Å². The molecule has 0 radical (unpaired) electrons. The third-order valence-electron chi connectivity index (χ3n) is 3.62. The Morgan fingerprint density at radius 2 is 2.27 bits per heavy atom. The van der Waals surface area contributed by atoms with Crippen LogP contribution in [-0.4, -0.2) is 58.0 Å². The number of nitrogens with zero attached hydrogens (tertiary/aromatic N) is 1. The summed E-state index contributed by atoms with van der Waals surface area (Å²) in [5.41, 5.74) is 1.07. The van der Waals surface area contributed by atoms with Gasteiger partial charge in [0.2, 0.25) is 0 Å². The van der Waals surface area contributed by atoms with Crippen molar-refractivity contribution in [3.8, 4) is 11.5 Å². The summed E-state index contributed by atoms with van der Waals surface area (Å²) < 4.78 is 16.6. The van der Waals surface area contributed by atoms with E-state index in [0.29, 0.717) is 29.7 Å². The van der Waals surface area contributed by atoms with Gasteiger partial charge in [0.15, 0.2) is 11.5 Å². The first kappa shape index (κ1) is 17.3. The molecule has 0 aromatic heterocycles. The first-order valence-corrected chi connectivity index (χ1v) is 8.02. The van der Waals surface area contributed by atoms with Gasteiger partial charge in [-0.2, -0.15) is 0 Å². The van der Waals surface area contributed by atoms with E-state index in [1.54, 1.807) is 7.11 Å². The SMILES string of the molecule is CCOc1cc(CNC[C@H]2CN(C)CCO2)cc(Cl)c1OC. The Balaban J connectivity index is 1.92. The largest absolute Gasteiger partial charge is 0.491 e. The average molecular weight is 329 g/mol. The molecule has 0 saturated carbocycles. The van der Waals surface area contributed by atoms with Gasteiger partial charge < -0.3 is 24.4 Å². The summed E-state index contributed by atoms with van der Waals surface area (Å²) in [5.74, 6) is 1.27. The Morgan fingerprint density at radius 3 is 2.95 bits per heavy atom. The first-order valence-electron chi connectivity index (χ1n) is 7.64. The normalized spacial score (nSPS) is 19.2. The molecule has 1 heterocycles. The number of nitrogens with one attached hydrogen (secondary N) is 1. The van der Waals surface area contributed by atoms with Crippen LogP contribution in [0.25, 0.3) is 0 Å². The maximum absolute atomic E-state index is 6.25. The highest BCUT2D eigenvalue weighted by molar-refractivity contribution is 6.32. The van der Waals surface area contributed by atoms with Gasteiger partial charge in [0, 0.05) is 26.2 Å². The van der Waals surface area contributed by atoms with Crippen molar-refractivity contribution in [2.45, 2.75) is 19.6 Å². The molecule has 0 bridgehead atoms. The second-order valence-electron chi connectivity index (χ2n) is 5.43. The second kappa shape index (κ2) is 8.58. The van der Waals surface area contributed by atoms with Gasteiger partial charge in [-0.3, -0.25) is 0 Å². The van der Waals surface area contributed by atoms with Crippen LogP contribution < -0.4 is 14.8 Å². The highest BCUT2D eigenvalue weighted by Gasteiger charge is 2.17. The van der Waals surface area contributed by atoms with Crippen LogP contribution in [0, 0.1) is 0 Å². The molecule has 0 spiro atoms. The minimum absolute atomic E-state index is 0.235. The zero-order valence-electron chi connectivity index (χ0n) is 13.5. The summed E-state index contributed by atoms with van der Waals surface area (Å²) in [6.07, 6.45) is 0.235. The molecule has 22 heavy (non-hydrogen) atoms. The summed E-state index contributed by atoms with van der Waals surface area (Å²) in [4.78, 5) is 2.29. The van der Waals surface area contributed by atoms with Gasteiger partial charge in [-0.1, -0.05) is 11.6 Å². The first-order chi connectivity index (χ1) is 10.6. The van der Waals surface area contributed by atoms with E-state index in [9.17, 15) is 0 Å². The Morgan fingerprint density at radius 1 is 1.45 bits per heavy atom. The van der Waals surface area contributed by atoms with Crippen LogP contribution in [0.3, 0.4) is 0 Å². The van der Waals surface area contributed by atoms with E-state index >= 15 is 0 Å². The maximum Gasteiger partial charge on any atom is 0.179 e. The molecular weight excluding hydrogens is 304 g/mol. The molecule has 5 nitrogen and oxygen atoms in total. The van der Waals surface area contributed by atoms with E-state index < -0.39 is 0 Å². The van der Waals surface area contributed by atoms with Crippen LogP contribution in [0.1, 0.15) is 12.5 Å². The van der Waals surface area contributed by atoms with Crippen LogP contribution in [0.4, 0.5) is 0 Å². The van der Waals surface area contributed by atoms with Crippen molar-refractivity contribution < 1.29 is 14.2 Å². The standard InChI is InChI=1S/C16H25ClN2O3/c1-4-21-15-8-12(7-14(17)16(15)20-3)9-18-10-13-11-19(2)5-6-22-13/h7-8,13,18H,4-6,9-11H2,1-3H3/t13-/m0/s1. The van der Waals surface area contributed by atoms with Crippen molar-refractivity contribution in [1.82, 2.24) is 10.2 Å². The van der Waals surface area contributed by atoms with Crippen molar-refractivity contribution in [1.29, 1.82) is 0 Å². The molecule has 124 valence electrons. The number of benzene rings is 1. The predicted molar refractivity (Wildman–Crippen MR) is 88.1 cm³/mol. The molecule has 0 unspecified atom stereocenters. The Bertz CT molecular complexity index is 485. The van der Waals surface area contributed by atoms with Gasteiger partial charge in [0.05, 0.1) is 31.5 Å². The lowest BCUT2D eigenvalue weighted by atomic mass is 10.2. The van der Waals surface area contributed by atoms with E-state index in [-0.39, 0.29) is 6.10 Å². The fourth-order valence-electron chi connectivity index (χ4n) is 2.55. The number of halogens is 1. The molecule has 1 N–H and O–H groups in total. The van der Waals surface area contributed by atoms with Crippen molar-refractivity contribution in [3.05, 3.63) is 22.7 Å². The van der Waals surface area contributed by atoms with Crippen LogP contribution in [0.5, 0.6) is 11.5 Å². The topological polar surface area (TPSA) is 43.0 Å². The van der Waals surface area contributed by atoms with Crippen LogP contribution in [-0.2, 0) is 11.3 Å². The van der Waals surface area contributed by atoms with Gasteiger partial charge in [-0.25, -0.2) is 0 Å². The Hall–Kier alpha value is -1.01. The van der Waals surface area contributed by atoms with Crippen molar-refractivity contribution in [2.24, 2.45) is 0 Å². The number of methoxy groups -OCH3 is 1. The number of ether oxygens (including phenoxy) is 3. The number of hydrogen-bond donors (Lipinski definition) is 1. The van der Waals surface area contributed by atoms with Gasteiger partial charge in [0.25, 0.3) is 0 Å². The lowest BCUT2D eigenvalue weighted by molar-refractivity contribution is -0.0182. The Kier molecular flexibility index (Phi) is 6.76. The molecule has 1 aliphatic rings. The van der Waals surface area contributed by atoms with E-state index in [1.807, 2.05) is 19.1 Å². The zero-order valence-corrected chi connectivity index (χ0v) is 14.3. The number of morpholine rings is 1. The van der Waals surface area contributed by atoms with Gasteiger partial charge >= 0.3 is 0 Å². The number of rotatable bonds is 7. The maximum atomic E-state index is 6.25. The summed E-state index contributed by atoms with van der Waals surface area (Å²) in [6, 6.07) is 3.87. The van der Waals surface area contributed by atoms with E-state index in [1.165, 1.54) is 0 Å². The molecule has 2 rings (SSSR count). The molecule has 1 aromatic rings. The highest BCUT2D eigenvalue weighted by atomic mass is 35.5. The predicted octanol–water partition coefficient (Wildman–Crippen LogP) is 2.17. The van der Waals surface area contributed by atoms with Gasteiger partial charge in [-0.05, 0) is 31.7 Å². The van der Waals surface area contributed by atoms with Gasteiger partial charge in [0.1, 0.15) is 0 Å². The smallest absolute Gasteiger partial charge is 0.179 e. The molecule has 1 aliphatic heterocycles. The Labute approximate surface area is 137 Å². The third kappa shape index (κ3) is 4.74. The van der Waals surface area contributed by atoms with E-state index in [0.717, 1.165) is 31.8 Å². The highest BCUT2D eigenvalue weighted by Crippen LogP contribution is 2.36. The molecule has 0 aliphatic carbocycles. The van der Waals surface area contributed by atoms with Crippen LogP contribution in [0.15, 0.2) is 12.1 Å². The molecule has 6 heteroatoms. The second-order valence-corrected chi connectivity index (χ2v) is 5.84. The molecule has 0 amide bonds. The fourth-order valence-corrected chi connectivity index (χ4v) is 2.86. The molecular formula is C16H25ClN2O3. The average Bonchev–Trinajstić information content (AvgIpc) is 2.47. The van der Waals surface area contributed by atoms with Gasteiger partial charge in [-0.15, -0.1) is 0 Å². The molecule has 1 atom stereocenters. The lowest BCUT2D eigenvalue weighted by Gasteiger charge is -2.30. The van der Waals surface area contributed by atoms with Crippen molar-refractivity contribution in [3.63, 3.8) is 0 Å². The number of hydrogen-bond acceptors (Lipinski definition) is 5. The summed E-state index contributed by atoms with van der Waals surface area (Å²) in [5, 5.41) is 3.99. The summed E-state index contributed by atoms with van der Waals surface area (Å²) in [7, 11) is 3.71. The van der Waals surface area contributed by atoms with Crippen molar-refractivity contribution >= 4 is 11.6 Å². The van der Waals surface area contributed by atoms with E-state index in [4.69, 9.17) is 25.8 Å². The molecule has 1 saturated heterocycles. The molecule has 1 fully saturated rings. The minimum Gasteiger partial charge on any atom is -0.491 e. The lowest BCUT2D eigenvalue weighted by Crippen LogP contribution is -2.44. The number of likely N-dealkylation sites (N-methyl/N-ethyl adjacent to an activating group) is 1. The molecule has 1 aromatic carbocycles. The minimum atomic E-state index is 0.235. The summed E-state index contributed by atoms with van der Waals surface area (Å²) in [6.45, 7) is 6.81. The monoisotopic (exact) mass is 328 g/mol. The van der Waals surface area contributed by atoms with E-state index in [2.05, 4.69) is 17.3 Å². The van der Waals surface area contributed by atoms with Crippen LogP contribution >= 0.6 is 11.6 Å². The van der Waals surface area contributed by atoms with Crippen LogP contribution in [0.2, 0.25) is 5.02 Å².